The second-order valence-corrected chi connectivity index (χ2v) is 8.09. The molecule has 0 aliphatic carbocycles. The molecular weight excluding hydrogens is 470 g/mol. The van der Waals surface area contributed by atoms with Gasteiger partial charge in [0.1, 0.15) is 25.0 Å². The van der Waals surface area contributed by atoms with Crippen LogP contribution in [0.15, 0.2) is 70.3 Å². The Morgan fingerprint density at radius 3 is 2.31 bits per heavy atom. The first-order valence-electron chi connectivity index (χ1n) is 11.0. The van der Waals surface area contributed by atoms with Gasteiger partial charge in [0.05, 0.1) is 11.1 Å². The Bertz CT molecular complexity index is 1530. The zero-order chi connectivity index (χ0) is 25.2. The fourth-order valence-corrected chi connectivity index (χ4v) is 4.02. The van der Waals surface area contributed by atoms with Crippen LogP contribution in [0.25, 0.3) is 11.2 Å². The number of esters is 2. The lowest BCUT2D eigenvalue weighted by atomic mass is 10.1. The molecule has 0 bridgehead atoms. The molecule has 0 saturated carbocycles. The monoisotopic (exact) mass is 491 g/mol. The predicted molar refractivity (Wildman–Crippen MR) is 126 cm³/mol. The molecule has 12 heteroatoms. The van der Waals surface area contributed by atoms with Crippen LogP contribution in [0.2, 0.25) is 0 Å². The normalized spacial score (nSPS) is 19.3. The Labute approximate surface area is 202 Å². The number of nitrogen functional groups attached to an aromatic ring is 1. The number of carbonyl (C=O) groups is 2. The molecule has 1 fully saturated rings. The zero-order valence-electron chi connectivity index (χ0n) is 18.7. The van der Waals surface area contributed by atoms with Crippen LogP contribution in [0.1, 0.15) is 33.4 Å². The standard InChI is InChI=1S/C24H21N5O7/c25-23-27-19-18(20(30)28-23)26-24(33)29(19)17-11-15(36-22(32)14-9-5-2-6-10-14)16(35-17)12-34-21(31)13-7-3-1-4-8-13/h1-10,15-17H,11-12H2,(H,26,33)(H3,25,27,28,30)/t15?,16-,17-/m1/s1. The number of fused-ring (bicyclic) bond motifs is 1. The van der Waals surface area contributed by atoms with Gasteiger partial charge < -0.3 is 19.9 Å². The summed E-state index contributed by atoms with van der Waals surface area (Å²) in [6.45, 7) is -0.246. The molecule has 36 heavy (non-hydrogen) atoms. The highest BCUT2D eigenvalue weighted by atomic mass is 16.6. The Morgan fingerprint density at radius 1 is 1.00 bits per heavy atom. The van der Waals surface area contributed by atoms with Gasteiger partial charge in [0.15, 0.2) is 11.2 Å². The van der Waals surface area contributed by atoms with E-state index in [0.717, 1.165) is 4.57 Å². The Hall–Kier alpha value is -4.71. The van der Waals surface area contributed by atoms with Crippen LogP contribution in [0.5, 0.6) is 0 Å². The van der Waals surface area contributed by atoms with Gasteiger partial charge in [-0.25, -0.2) is 19.0 Å². The molecule has 3 atom stereocenters. The number of carbonyl (C=O) groups excluding carboxylic acids is 2. The minimum absolute atomic E-state index is 0.0127. The molecule has 3 heterocycles. The number of hydrogen-bond donors (Lipinski definition) is 3. The lowest BCUT2D eigenvalue weighted by molar-refractivity contribution is -0.0570. The first kappa shape index (κ1) is 23.1. The number of nitrogens with two attached hydrogens (primary N) is 1. The molecule has 1 aliphatic rings. The van der Waals surface area contributed by atoms with Crippen molar-refractivity contribution < 1.29 is 23.8 Å². The van der Waals surface area contributed by atoms with Gasteiger partial charge in [-0.2, -0.15) is 4.98 Å². The van der Waals surface area contributed by atoms with E-state index in [2.05, 4.69) is 15.0 Å². The maximum atomic E-state index is 12.7. The van der Waals surface area contributed by atoms with Crippen molar-refractivity contribution in [2.75, 3.05) is 12.3 Å². The zero-order valence-corrected chi connectivity index (χ0v) is 18.7. The number of imidazole rings is 1. The van der Waals surface area contributed by atoms with Crippen molar-refractivity contribution in [3.05, 3.63) is 92.6 Å². The average molecular weight is 491 g/mol. The average Bonchev–Trinajstić information content (AvgIpc) is 3.43. The summed E-state index contributed by atoms with van der Waals surface area (Å²) >= 11 is 0. The number of ether oxygens (including phenoxy) is 3. The summed E-state index contributed by atoms with van der Waals surface area (Å²) in [6.07, 6.45) is -2.71. The molecule has 1 unspecified atom stereocenters. The minimum Gasteiger partial charge on any atom is -0.459 e. The van der Waals surface area contributed by atoms with Crippen molar-refractivity contribution in [2.45, 2.75) is 24.9 Å². The van der Waals surface area contributed by atoms with Crippen molar-refractivity contribution in [2.24, 2.45) is 0 Å². The summed E-state index contributed by atoms with van der Waals surface area (Å²) in [5, 5.41) is 0. The number of nitrogens with one attached hydrogen (secondary N) is 2. The maximum absolute atomic E-state index is 12.7. The van der Waals surface area contributed by atoms with E-state index in [1.807, 2.05) is 0 Å². The van der Waals surface area contributed by atoms with Gasteiger partial charge in [-0.05, 0) is 24.3 Å². The highest BCUT2D eigenvalue weighted by Gasteiger charge is 2.41. The number of hydrogen-bond acceptors (Lipinski definition) is 9. The van der Waals surface area contributed by atoms with Gasteiger partial charge in [-0.1, -0.05) is 36.4 Å². The van der Waals surface area contributed by atoms with Gasteiger partial charge in [-0.3, -0.25) is 14.8 Å². The molecule has 0 amide bonds. The number of H-pyrrole nitrogens is 2. The Balaban J connectivity index is 1.42. The summed E-state index contributed by atoms with van der Waals surface area (Å²) in [6, 6.07) is 16.7. The van der Waals surface area contributed by atoms with E-state index in [-0.39, 0.29) is 30.1 Å². The van der Waals surface area contributed by atoms with E-state index in [1.54, 1.807) is 60.7 Å². The van der Waals surface area contributed by atoms with E-state index in [0.29, 0.717) is 11.1 Å². The highest BCUT2D eigenvalue weighted by molar-refractivity contribution is 5.90. The summed E-state index contributed by atoms with van der Waals surface area (Å²) < 4.78 is 18.2. The second-order valence-electron chi connectivity index (χ2n) is 8.09. The summed E-state index contributed by atoms with van der Waals surface area (Å²) in [7, 11) is 0. The molecule has 184 valence electrons. The van der Waals surface area contributed by atoms with Crippen LogP contribution < -0.4 is 17.0 Å². The number of aromatic nitrogens is 4. The molecule has 4 aromatic rings. The third-order valence-electron chi connectivity index (χ3n) is 5.72. The SMILES string of the molecule is Nc1nc2c([nH]c(=O)n2[C@H]2CC(OC(=O)c3ccccc3)[C@@H](COC(=O)c3ccccc3)O2)c(=O)[nH]1. The number of nitrogens with zero attached hydrogens (tertiary/aromatic N) is 2. The van der Waals surface area contributed by atoms with Crippen molar-refractivity contribution in [1.82, 2.24) is 19.5 Å². The van der Waals surface area contributed by atoms with Crippen LogP contribution in [0, 0.1) is 0 Å². The number of benzene rings is 2. The summed E-state index contributed by atoms with van der Waals surface area (Å²) in [5.41, 5.74) is 4.96. The first-order chi connectivity index (χ1) is 17.4. The van der Waals surface area contributed by atoms with Gasteiger partial charge >= 0.3 is 17.6 Å². The molecule has 2 aromatic heterocycles. The molecule has 1 aliphatic heterocycles. The highest BCUT2D eigenvalue weighted by Crippen LogP contribution is 2.32. The number of rotatable bonds is 6. The molecular formula is C24H21N5O7. The van der Waals surface area contributed by atoms with E-state index in [1.165, 1.54) is 0 Å². The van der Waals surface area contributed by atoms with Gasteiger partial charge in [0.2, 0.25) is 5.95 Å². The smallest absolute Gasteiger partial charge is 0.338 e. The quantitative estimate of drug-likeness (QED) is 0.337. The van der Waals surface area contributed by atoms with Crippen molar-refractivity contribution in [3.8, 4) is 0 Å². The van der Waals surface area contributed by atoms with Crippen LogP contribution >= 0.6 is 0 Å². The molecule has 5 rings (SSSR count). The molecule has 0 radical (unpaired) electrons. The van der Waals surface area contributed by atoms with E-state index in [4.69, 9.17) is 19.9 Å². The largest absolute Gasteiger partial charge is 0.459 e. The second kappa shape index (κ2) is 9.50. The third-order valence-corrected chi connectivity index (χ3v) is 5.72. The molecule has 12 nitrogen and oxygen atoms in total. The predicted octanol–water partition coefficient (Wildman–Crippen LogP) is 1.37. The van der Waals surface area contributed by atoms with Crippen LogP contribution in [0.3, 0.4) is 0 Å². The summed E-state index contributed by atoms with van der Waals surface area (Å²) in [4.78, 5) is 58.9. The van der Waals surface area contributed by atoms with Gasteiger partial charge in [-0.15, -0.1) is 0 Å². The fraction of sp³-hybridized carbons (Fsp3) is 0.208. The van der Waals surface area contributed by atoms with E-state index in [9.17, 15) is 19.2 Å². The fourth-order valence-electron chi connectivity index (χ4n) is 4.02. The van der Waals surface area contributed by atoms with Gasteiger partial charge in [0.25, 0.3) is 5.56 Å². The number of aromatic amines is 2. The minimum atomic E-state index is -0.978. The Morgan fingerprint density at radius 2 is 1.64 bits per heavy atom. The van der Waals surface area contributed by atoms with Gasteiger partial charge in [0, 0.05) is 6.42 Å². The Kier molecular flexibility index (Phi) is 6.09. The van der Waals surface area contributed by atoms with Crippen molar-refractivity contribution >= 4 is 29.1 Å². The van der Waals surface area contributed by atoms with Crippen LogP contribution in [-0.2, 0) is 14.2 Å². The molecule has 4 N–H and O–H groups in total. The van der Waals surface area contributed by atoms with E-state index < -0.39 is 41.6 Å². The topological polar surface area (TPSA) is 171 Å². The van der Waals surface area contributed by atoms with Crippen molar-refractivity contribution in [3.63, 3.8) is 0 Å². The molecule has 0 spiro atoms. The van der Waals surface area contributed by atoms with Crippen LogP contribution in [0.4, 0.5) is 5.95 Å². The van der Waals surface area contributed by atoms with E-state index >= 15 is 0 Å². The molecule has 2 aromatic carbocycles. The third kappa shape index (κ3) is 4.49. The summed E-state index contributed by atoms with van der Waals surface area (Å²) in [5.74, 6) is -1.37. The maximum Gasteiger partial charge on any atom is 0.338 e. The number of anilines is 1. The van der Waals surface area contributed by atoms with Crippen LogP contribution in [-0.4, -0.2) is 50.3 Å². The lowest BCUT2D eigenvalue weighted by Crippen LogP contribution is -2.32. The molecule has 1 saturated heterocycles. The van der Waals surface area contributed by atoms with Crippen molar-refractivity contribution in [1.29, 1.82) is 0 Å². The first-order valence-corrected chi connectivity index (χ1v) is 11.0. The lowest BCUT2D eigenvalue weighted by Gasteiger charge is -2.19.